The highest BCUT2D eigenvalue weighted by molar-refractivity contribution is 6.45. The molecule has 0 saturated heterocycles. The maximum atomic E-state index is 13.4. The molecule has 4 aromatic rings. The molecule has 44 heavy (non-hydrogen) atoms. The summed E-state index contributed by atoms with van der Waals surface area (Å²) in [5, 5.41) is 0. The lowest BCUT2D eigenvalue weighted by Gasteiger charge is -2.30. The van der Waals surface area contributed by atoms with Crippen molar-refractivity contribution in [2.24, 2.45) is 9.98 Å². The van der Waals surface area contributed by atoms with E-state index in [1.165, 1.54) is 11.1 Å². The summed E-state index contributed by atoms with van der Waals surface area (Å²) in [6.07, 6.45) is 3.06. The van der Waals surface area contributed by atoms with Gasteiger partial charge in [-0.2, -0.15) is 0 Å². The summed E-state index contributed by atoms with van der Waals surface area (Å²) >= 11 is 0. The van der Waals surface area contributed by atoms with E-state index in [-0.39, 0.29) is 11.8 Å². The molecule has 0 atom stereocenters. The third-order valence-corrected chi connectivity index (χ3v) is 7.39. The number of nitrogens with zero attached hydrogens (tertiary/aromatic N) is 4. The first-order valence-electron chi connectivity index (χ1n) is 15.3. The highest BCUT2D eigenvalue weighted by Crippen LogP contribution is 2.20. The van der Waals surface area contributed by atoms with Gasteiger partial charge < -0.3 is 0 Å². The number of amides is 2. The Morgan fingerprint density at radius 2 is 0.864 bits per heavy atom. The number of hydrogen-bond donors (Lipinski definition) is 0. The van der Waals surface area contributed by atoms with Crippen molar-refractivity contribution in [3.05, 3.63) is 131 Å². The number of carbonyl (C=O) groups is 2. The third-order valence-electron chi connectivity index (χ3n) is 7.39. The van der Waals surface area contributed by atoms with Crippen LogP contribution in [0, 0.1) is 13.8 Å². The summed E-state index contributed by atoms with van der Waals surface area (Å²) in [4.78, 5) is 40.1. The Balaban J connectivity index is 1.78. The average Bonchev–Trinajstić information content (AvgIpc) is 3.02. The fourth-order valence-corrected chi connectivity index (χ4v) is 4.94. The molecule has 4 rings (SSSR count). The van der Waals surface area contributed by atoms with Gasteiger partial charge in [-0.25, -0.2) is 9.98 Å². The highest BCUT2D eigenvalue weighted by Gasteiger charge is 2.28. The molecule has 0 fully saturated rings. The predicted octanol–water partition coefficient (Wildman–Crippen LogP) is 8.03. The Labute approximate surface area is 261 Å². The smallest absolute Gasteiger partial charge is 0.225 e. The molecule has 0 radical (unpaired) electrons. The minimum absolute atomic E-state index is 0.159. The molecule has 0 saturated carbocycles. The van der Waals surface area contributed by atoms with E-state index < -0.39 is 0 Å². The molecule has 6 nitrogen and oxygen atoms in total. The van der Waals surface area contributed by atoms with Crippen LogP contribution in [0.3, 0.4) is 0 Å². The second kappa shape index (κ2) is 16.1. The van der Waals surface area contributed by atoms with E-state index >= 15 is 0 Å². The van der Waals surface area contributed by atoms with Crippen LogP contribution in [-0.2, 0) is 22.4 Å². The lowest BCUT2D eigenvalue weighted by Crippen LogP contribution is -2.49. The Morgan fingerprint density at radius 3 is 1.18 bits per heavy atom. The minimum Gasteiger partial charge on any atom is -0.294 e. The van der Waals surface area contributed by atoms with Crippen molar-refractivity contribution in [3.8, 4) is 0 Å². The quantitative estimate of drug-likeness (QED) is 0.139. The first kappa shape index (κ1) is 32.1. The van der Waals surface area contributed by atoms with E-state index in [2.05, 4.69) is 24.3 Å². The van der Waals surface area contributed by atoms with Crippen LogP contribution >= 0.6 is 0 Å². The fourth-order valence-electron chi connectivity index (χ4n) is 4.94. The number of carbonyl (C=O) groups excluding carboxylic acids is 2. The van der Waals surface area contributed by atoms with E-state index in [0.29, 0.717) is 36.1 Å². The predicted molar refractivity (Wildman–Crippen MR) is 181 cm³/mol. The molecule has 0 unspecified atom stereocenters. The molecule has 2 amide bonds. The van der Waals surface area contributed by atoms with E-state index in [1.807, 2.05) is 98.8 Å². The number of hydrogen-bond acceptors (Lipinski definition) is 4. The van der Waals surface area contributed by atoms with Gasteiger partial charge in [0.15, 0.2) is 11.7 Å². The molecule has 0 aliphatic rings. The Hall–Kier alpha value is -4.84. The number of aryl methyl sites for hydroxylation is 4. The first-order chi connectivity index (χ1) is 21.3. The second-order valence-corrected chi connectivity index (χ2v) is 11.1. The third kappa shape index (κ3) is 9.60. The number of benzene rings is 4. The zero-order valence-corrected chi connectivity index (χ0v) is 26.2. The van der Waals surface area contributed by atoms with Crippen molar-refractivity contribution in [2.45, 2.75) is 53.4 Å². The zero-order valence-electron chi connectivity index (χ0n) is 26.2. The van der Waals surface area contributed by atoms with Gasteiger partial charge in [0.2, 0.25) is 11.8 Å². The van der Waals surface area contributed by atoms with Gasteiger partial charge in [0.25, 0.3) is 0 Å². The van der Waals surface area contributed by atoms with Crippen LogP contribution in [0.2, 0.25) is 0 Å². The monoisotopic (exact) mass is 586 g/mol. The van der Waals surface area contributed by atoms with Crippen molar-refractivity contribution in [2.75, 3.05) is 13.1 Å². The maximum Gasteiger partial charge on any atom is 0.225 e. The van der Waals surface area contributed by atoms with Crippen LogP contribution in [0.25, 0.3) is 0 Å². The van der Waals surface area contributed by atoms with Gasteiger partial charge >= 0.3 is 0 Å². The van der Waals surface area contributed by atoms with Gasteiger partial charge in [0.05, 0.1) is 11.4 Å². The molecule has 0 aliphatic heterocycles. The maximum absolute atomic E-state index is 13.4. The summed E-state index contributed by atoms with van der Waals surface area (Å²) < 4.78 is 0. The largest absolute Gasteiger partial charge is 0.294 e. The lowest BCUT2D eigenvalue weighted by molar-refractivity contribution is -0.126. The van der Waals surface area contributed by atoms with Crippen molar-refractivity contribution in [1.82, 2.24) is 9.80 Å². The van der Waals surface area contributed by atoms with Gasteiger partial charge in [-0.05, 0) is 74.9 Å². The van der Waals surface area contributed by atoms with Crippen molar-refractivity contribution >= 4 is 34.9 Å². The molecular weight excluding hydrogens is 544 g/mol. The van der Waals surface area contributed by atoms with Crippen LogP contribution in [-0.4, -0.2) is 46.4 Å². The topological polar surface area (TPSA) is 65.3 Å². The van der Waals surface area contributed by atoms with E-state index in [4.69, 9.17) is 9.98 Å². The van der Waals surface area contributed by atoms with Crippen LogP contribution in [0.5, 0.6) is 0 Å². The molecule has 4 aromatic carbocycles. The molecule has 226 valence electrons. The highest BCUT2D eigenvalue weighted by atomic mass is 16.2. The summed E-state index contributed by atoms with van der Waals surface area (Å²) in [5.41, 5.74) is 5.99. The van der Waals surface area contributed by atoms with Gasteiger partial charge in [0, 0.05) is 26.9 Å². The van der Waals surface area contributed by atoms with E-state index in [9.17, 15) is 9.59 Å². The van der Waals surface area contributed by atoms with Crippen LogP contribution in [0.1, 0.15) is 48.9 Å². The number of rotatable bonds is 10. The van der Waals surface area contributed by atoms with Gasteiger partial charge in [-0.1, -0.05) is 96.1 Å². The Bertz CT molecular complexity index is 1440. The van der Waals surface area contributed by atoms with Crippen LogP contribution in [0.4, 0.5) is 11.4 Å². The molecule has 0 spiro atoms. The van der Waals surface area contributed by atoms with Crippen molar-refractivity contribution in [1.29, 1.82) is 0 Å². The number of amidine groups is 2. The molecule has 0 aromatic heterocycles. The van der Waals surface area contributed by atoms with E-state index in [1.54, 1.807) is 23.6 Å². The van der Waals surface area contributed by atoms with Crippen molar-refractivity contribution < 1.29 is 9.59 Å². The normalized spacial score (nSPS) is 11.7. The minimum atomic E-state index is -0.159. The standard InChI is InChI=1S/C38H42N4O2/c1-29-19-23-35(24-20-29)39-37(41(31(3)43)27-11-17-33-13-7-5-8-14-33)38(40-36-25-21-30(2)22-26-36)42(32(4)44)28-12-18-34-15-9-6-10-16-34/h5-10,13-16,19-26H,11-12,17-18,27-28H2,1-4H3. The molecule has 0 N–H and O–H groups in total. The van der Waals surface area contributed by atoms with Gasteiger partial charge in [0.1, 0.15) is 0 Å². The SMILES string of the molecule is CC(=O)N(CCCc1ccccc1)C(=Nc1ccc(C)cc1)C(=Nc1ccc(C)cc1)N(CCCc1ccccc1)C(C)=O. The molecule has 0 bridgehead atoms. The number of aliphatic imine (C=N–C) groups is 2. The average molecular weight is 587 g/mol. The summed E-state index contributed by atoms with van der Waals surface area (Å²) in [7, 11) is 0. The molecule has 6 heteroatoms. The Morgan fingerprint density at radius 1 is 0.523 bits per heavy atom. The van der Waals surface area contributed by atoms with Gasteiger partial charge in [-0.3, -0.25) is 19.4 Å². The van der Waals surface area contributed by atoms with Crippen LogP contribution < -0.4 is 0 Å². The second-order valence-electron chi connectivity index (χ2n) is 11.1. The Kier molecular flexibility index (Phi) is 11.8. The van der Waals surface area contributed by atoms with Crippen molar-refractivity contribution in [3.63, 3.8) is 0 Å². The van der Waals surface area contributed by atoms with E-state index in [0.717, 1.165) is 36.8 Å². The molecule has 0 heterocycles. The summed E-state index contributed by atoms with van der Waals surface area (Å²) in [6.45, 7) is 7.99. The fraction of sp³-hybridized carbons (Fsp3) is 0.263. The van der Waals surface area contributed by atoms with Gasteiger partial charge in [-0.15, -0.1) is 0 Å². The lowest BCUT2D eigenvalue weighted by atomic mass is 10.1. The molecular formula is C38H42N4O2. The molecule has 0 aliphatic carbocycles. The van der Waals surface area contributed by atoms with Crippen LogP contribution in [0.15, 0.2) is 119 Å². The summed E-state index contributed by atoms with van der Waals surface area (Å²) in [5.74, 6) is 0.413. The first-order valence-corrected chi connectivity index (χ1v) is 15.3. The summed E-state index contributed by atoms with van der Waals surface area (Å²) in [6, 6.07) is 36.1. The zero-order chi connectivity index (χ0) is 31.3.